The predicted molar refractivity (Wildman–Crippen MR) is 125 cm³/mol. The Bertz CT molecular complexity index is 977. The van der Waals surface area contributed by atoms with E-state index in [0.717, 1.165) is 62.6 Å². The largest absolute Gasteiger partial charge is 0.467 e. The fraction of sp³-hybridized carbons (Fsp3) is 0.565. The number of aryl methyl sites for hydroxylation is 1. The van der Waals surface area contributed by atoms with Crippen molar-refractivity contribution >= 4 is 27.1 Å². The molecule has 174 valence electrons. The molecule has 2 fully saturated rings. The molecule has 2 aliphatic rings. The minimum atomic E-state index is -3.19. The number of amides is 1. The van der Waals surface area contributed by atoms with E-state index < -0.39 is 9.84 Å². The molecule has 0 atom stereocenters. The number of nitrogens with zero attached hydrogens (tertiary/aromatic N) is 3. The average molecular weight is 478 g/mol. The van der Waals surface area contributed by atoms with Crippen LogP contribution in [0.1, 0.15) is 37.7 Å². The number of hydrogen-bond donors (Lipinski definition) is 0. The van der Waals surface area contributed by atoms with Gasteiger partial charge in [-0.3, -0.25) is 9.69 Å². The number of ether oxygens (including phenoxy) is 1. The van der Waals surface area contributed by atoms with Gasteiger partial charge in [0.15, 0.2) is 9.84 Å². The number of benzene rings is 1. The van der Waals surface area contributed by atoms with E-state index in [0.29, 0.717) is 23.8 Å². The van der Waals surface area contributed by atoms with Crippen molar-refractivity contribution in [2.75, 3.05) is 32.4 Å². The summed E-state index contributed by atoms with van der Waals surface area (Å²) in [5, 5.41) is 2.70. The predicted octanol–water partition coefficient (Wildman–Crippen LogP) is 3.01. The summed E-state index contributed by atoms with van der Waals surface area (Å²) in [5.41, 5.74) is 0.989. The molecular weight excluding hydrogens is 446 g/mol. The molecular formula is C23H31N3O4S2. The zero-order valence-corrected chi connectivity index (χ0v) is 20.1. The van der Waals surface area contributed by atoms with E-state index >= 15 is 0 Å². The Balaban J connectivity index is 1.17. The molecule has 2 aliphatic heterocycles. The van der Waals surface area contributed by atoms with Crippen LogP contribution in [0, 0.1) is 0 Å². The molecule has 3 heterocycles. The molecule has 1 aromatic carbocycles. The second-order valence-corrected chi connectivity index (χ2v) is 11.6. The van der Waals surface area contributed by atoms with Crippen LogP contribution in [0.15, 0.2) is 40.7 Å². The van der Waals surface area contributed by atoms with Crippen molar-refractivity contribution in [3.05, 3.63) is 41.4 Å². The topological polar surface area (TPSA) is 79.8 Å². The number of likely N-dealkylation sites (tertiary alicyclic amines) is 2. The van der Waals surface area contributed by atoms with Gasteiger partial charge in [-0.2, -0.15) is 0 Å². The number of carbonyl (C=O) groups excluding carboxylic acids is 1. The Morgan fingerprint density at radius 1 is 1.09 bits per heavy atom. The van der Waals surface area contributed by atoms with Gasteiger partial charge in [-0.15, -0.1) is 0 Å². The maximum Gasteiger partial charge on any atom is 0.273 e. The lowest BCUT2D eigenvalue weighted by Gasteiger charge is -2.41. The lowest BCUT2D eigenvalue weighted by molar-refractivity contribution is -0.132. The van der Waals surface area contributed by atoms with Crippen molar-refractivity contribution in [3.8, 4) is 5.19 Å². The number of carbonyl (C=O) groups is 1. The molecule has 4 rings (SSSR count). The van der Waals surface area contributed by atoms with Gasteiger partial charge in [-0.05, 0) is 49.8 Å². The minimum absolute atomic E-state index is 0.186. The fourth-order valence-corrected chi connectivity index (χ4v) is 5.74. The third kappa shape index (κ3) is 6.08. The normalized spacial score (nSPS) is 19.2. The fourth-order valence-electron chi connectivity index (χ4n) is 4.56. The Kier molecular flexibility index (Phi) is 7.48. The molecule has 0 N–H and O–H groups in total. The first-order valence-electron chi connectivity index (χ1n) is 11.3. The Hall–Kier alpha value is -1.97. The summed E-state index contributed by atoms with van der Waals surface area (Å²) in [6.45, 7) is 3.70. The highest BCUT2D eigenvalue weighted by Crippen LogP contribution is 2.25. The molecule has 1 aromatic heterocycles. The van der Waals surface area contributed by atoms with E-state index in [1.807, 2.05) is 10.3 Å². The van der Waals surface area contributed by atoms with Gasteiger partial charge < -0.3 is 9.64 Å². The number of aromatic nitrogens is 1. The van der Waals surface area contributed by atoms with Gasteiger partial charge >= 0.3 is 0 Å². The van der Waals surface area contributed by atoms with Crippen LogP contribution in [0.25, 0.3) is 0 Å². The van der Waals surface area contributed by atoms with Gasteiger partial charge in [0, 0.05) is 56.5 Å². The van der Waals surface area contributed by atoms with Gasteiger partial charge in [-0.1, -0.05) is 23.5 Å². The Morgan fingerprint density at radius 3 is 2.38 bits per heavy atom. The first-order chi connectivity index (χ1) is 15.4. The van der Waals surface area contributed by atoms with Gasteiger partial charge in [-0.25, -0.2) is 13.4 Å². The van der Waals surface area contributed by atoms with Crippen molar-refractivity contribution in [1.82, 2.24) is 14.8 Å². The number of thiazole rings is 1. The maximum absolute atomic E-state index is 12.7. The first kappa shape index (κ1) is 23.2. The van der Waals surface area contributed by atoms with Gasteiger partial charge in [0.05, 0.1) is 4.90 Å². The van der Waals surface area contributed by atoms with Crippen LogP contribution < -0.4 is 4.74 Å². The van der Waals surface area contributed by atoms with Gasteiger partial charge in [0.25, 0.3) is 5.19 Å². The quantitative estimate of drug-likeness (QED) is 0.610. The summed E-state index contributed by atoms with van der Waals surface area (Å²) in [4.78, 5) is 21.7. The van der Waals surface area contributed by atoms with Crippen LogP contribution >= 0.6 is 11.3 Å². The molecule has 0 unspecified atom stereocenters. The van der Waals surface area contributed by atoms with Crippen molar-refractivity contribution in [3.63, 3.8) is 0 Å². The zero-order chi connectivity index (χ0) is 22.6. The van der Waals surface area contributed by atoms with E-state index in [1.54, 1.807) is 41.8 Å². The lowest BCUT2D eigenvalue weighted by Crippen LogP contribution is -2.50. The number of sulfone groups is 1. The number of rotatable bonds is 7. The summed E-state index contributed by atoms with van der Waals surface area (Å²) < 4.78 is 29.1. The van der Waals surface area contributed by atoms with Crippen molar-refractivity contribution in [2.45, 2.75) is 55.6 Å². The smallest absolute Gasteiger partial charge is 0.273 e. The summed E-state index contributed by atoms with van der Waals surface area (Å²) >= 11 is 1.54. The van der Waals surface area contributed by atoms with Crippen LogP contribution in [-0.2, 0) is 21.1 Å². The SMILES string of the molecule is CS(=O)(=O)c1ccc(CCC(=O)N2CCC(N3CCC(Oc4nccs4)CC3)CC2)cc1. The lowest BCUT2D eigenvalue weighted by atomic mass is 9.98. The van der Waals surface area contributed by atoms with Gasteiger partial charge in [0.1, 0.15) is 6.10 Å². The first-order valence-corrected chi connectivity index (χ1v) is 14.0. The molecule has 0 radical (unpaired) electrons. The number of piperidine rings is 2. The van der Waals surface area contributed by atoms with E-state index in [1.165, 1.54) is 6.26 Å². The average Bonchev–Trinajstić information content (AvgIpc) is 3.31. The summed E-state index contributed by atoms with van der Waals surface area (Å²) in [6.07, 6.45) is 8.42. The van der Waals surface area contributed by atoms with Crippen LogP contribution in [0.3, 0.4) is 0 Å². The van der Waals surface area contributed by atoms with E-state index in [9.17, 15) is 13.2 Å². The minimum Gasteiger partial charge on any atom is -0.467 e. The molecule has 0 saturated carbocycles. The van der Waals surface area contributed by atoms with E-state index in [2.05, 4.69) is 9.88 Å². The van der Waals surface area contributed by atoms with Crippen LogP contribution in [-0.4, -0.2) is 73.7 Å². The van der Waals surface area contributed by atoms with Crippen molar-refractivity contribution in [1.29, 1.82) is 0 Å². The van der Waals surface area contributed by atoms with Crippen LogP contribution in [0.4, 0.5) is 0 Å². The molecule has 2 saturated heterocycles. The van der Waals surface area contributed by atoms with Crippen LogP contribution in [0.2, 0.25) is 0 Å². The summed E-state index contributed by atoms with van der Waals surface area (Å²) in [7, 11) is -3.19. The monoisotopic (exact) mass is 477 g/mol. The number of hydrogen-bond acceptors (Lipinski definition) is 7. The van der Waals surface area contributed by atoms with E-state index in [4.69, 9.17) is 4.74 Å². The standard InChI is InChI=1S/C23H31N3O4S2/c1-32(28,29)21-5-2-18(3-6-21)4-7-22(27)26-13-8-19(9-14-26)25-15-10-20(11-16-25)30-23-24-12-17-31-23/h2-3,5-6,12,17,19-20H,4,7-11,13-16H2,1H3. The highest BCUT2D eigenvalue weighted by Gasteiger charge is 2.30. The summed E-state index contributed by atoms with van der Waals surface area (Å²) in [5.74, 6) is 0.186. The highest BCUT2D eigenvalue weighted by atomic mass is 32.2. The molecule has 0 aliphatic carbocycles. The molecule has 2 aromatic rings. The molecule has 0 bridgehead atoms. The highest BCUT2D eigenvalue weighted by molar-refractivity contribution is 7.90. The van der Waals surface area contributed by atoms with Gasteiger partial charge in [0.2, 0.25) is 5.91 Å². The summed E-state index contributed by atoms with van der Waals surface area (Å²) in [6, 6.07) is 7.39. The Morgan fingerprint density at radius 2 is 1.78 bits per heavy atom. The van der Waals surface area contributed by atoms with Crippen LogP contribution in [0.5, 0.6) is 5.19 Å². The maximum atomic E-state index is 12.7. The third-order valence-electron chi connectivity index (χ3n) is 6.47. The zero-order valence-electron chi connectivity index (χ0n) is 18.5. The second-order valence-electron chi connectivity index (χ2n) is 8.68. The third-order valence-corrected chi connectivity index (χ3v) is 8.26. The molecule has 7 nitrogen and oxygen atoms in total. The molecule has 32 heavy (non-hydrogen) atoms. The Labute approximate surface area is 194 Å². The van der Waals surface area contributed by atoms with Crippen molar-refractivity contribution < 1.29 is 17.9 Å². The second kappa shape index (κ2) is 10.3. The van der Waals surface area contributed by atoms with E-state index in [-0.39, 0.29) is 12.0 Å². The molecule has 9 heteroatoms. The molecule has 1 amide bonds. The molecule has 0 spiro atoms. The van der Waals surface area contributed by atoms with Crippen molar-refractivity contribution in [2.24, 2.45) is 0 Å².